The number of ether oxygens (including phenoxy) is 1. The van der Waals surface area contributed by atoms with Crippen molar-refractivity contribution in [2.45, 2.75) is 27.2 Å². The van der Waals surface area contributed by atoms with E-state index in [4.69, 9.17) is 9.15 Å². The molecule has 2 heterocycles. The molecule has 0 N–H and O–H groups in total. The van der Waals surface area contributed by atoms with Crippen LogP contribution in [0.2, 0.25) is 0 Å². The molecule has 0 aliphatic heterocycles. The molecule has 0 fully saturated rings. The smallest absolute Gasteiger partial charge is 1.00 e. The van der Waals surface area contributed by atoms with E-state index < -0.39 is 0 Å². The molecule has 5 nitrogen and oxygen atoms in total. The summed E-state index contributed by atoms with van der Waals surface area (Å²) in [4.78, 5) is 11.3. The molecule has 0 saturated heterocycles. The fourth-order valence-electron chi connectivity index (χ4n) is 2.77. The molecule has 130 valence electrons. The van der Waals surface area contributed by atoms with E-state index >= 15 is 0 Å². The molecule has 0 aliphatic rings. The van der Waals surface area contributed by atoms with E-state index in [1.165, 1.54) is 0 Å². The van der Waals surface area contributed by atoms with Crippen LogP contribution in [0.15, 0.2) is 28.7 Å². The minimum Gasteiger partial charge on any atom is -1.00 e. The van der Waals surface area contributed by atoms with Crippen LogP contribution in [0.1, 0.15) is 27.5 Å². The van der Waals surface area contributed by atoms with E-state index in [-0.39, 0.29) is 13.8 Å². The molecule has 3 aromatic rings. The number of benzene rings is 1. The van der Waals surface area contributed by atoms with Gasteiger partial charge in [-0.15, -0.1) is 0 Å². The summed E-state index contributed by atoms with van der Waals surface area (Å²) in [5.74, 6) is 1.24. The molecule has 0 spiro atoms. The van der Waals surface area contributed by atoms with E-state index in [1.54, 1.807) is 0 Å². The molecule has 3 rings (SSSR count). The van der Waals surface area contributed by atoms with Gasteiger partial charge in [0.05, 0.1) is 6.61 Å². The SMILES string of the molecule is CCN(CC)CCCOc1nc(C)nc2c1oc1ccccc12.[Cl-].[H+]. The van der Waals surface area contributed by atoms with Crippen LogP contribution in [-0.2, 0) is 0 Å². The Morgan fingerprint density at radius 2 is 1.92 bits per heavy atom. The summed E-state index contributed by atoms with van der Waals surface area (Å²) < 4.78 is 11.8. The Labute approximate surface area is 149 Å². The first kappa shape index (κ1) is 18.5. The van der Waals surface area contributed by atoms with E-state index in [1.807, 2.05) is 31.2 Å². The maximum atomic E-state index is 5.90. The number of rotatable bonds is 7. The lowest BCUT2D eigenvalue weighted by molar-refractivity contribution is -0.00000603. The summed E-state index contributed by atoms with van der Waals surface area (Å²) in [6, 6.07) is 7.89. The fourth-order valence-corrected chi connectivity index (χ4v) is 2.77. The largest absolute Gasteiger partial charge is 1.00 e. The van der Waals surface area contributed by atoms with Crippen molar-refractivity contribution in [1.82, 2.24) is 14.9 Å². The molecule has 0 unspecified atom stereocenters. The van der Waals surface area contributed by atoms with Gasteiger partial charge in [0.2, 0.25) is 5.58 Å². The van der Waals surface area contributed by atoms with E-state index in [0.29, 0.717) is 23.9 Å². The number of nitrogens with zero attached hydrogens (tertiary/aromatic N) is 3. The average molecular weight is 350 g/mol. The van der Waals surface area contributed by atoms with Crippen molar-refractivity contribution >= 4 is 22.1 Å². The van der Waals surface area contributed by atoms with Crippen LogP contribution in [0, 0.1) is 6.92 Å². The number of hydrogen-bond donors (Lipinski definition) is 0. The van der Waals surface area contributed by atoms with Crippen molar-refractivity contribution in [3.05, 3.63) is 30.1 Å². The summed E-state index contributed by atoms with van der Waals surface area (Å²) in [7, 11) is 0. The van der Waals surface area contributed by atoms with E-state index in [9.17, 15) is 0 Å². The van der Waals surface area contributed by atoms with Gasteiger partial charge in [-0.1, -0.05) is 26.0 Å². The second-order valence-electron chi connectivity index (χ2n) is 5.58. The number of aromatic nitrogens is 2. The average Bonchev–Trinajstić information content (AvgIpc) is 2.94. The van der Waals surface area contributed by atoms with Crippen LogP contribution in [0.4, 0.5) is 0 Å². The molecule has 0 atom stereocenters. The summed E-state index contributed by atoms with van der Waals surface area (Å²) >= 11 is 0. The zero-order valence-electron chi connectivity index (χ0n) is 15.4. The van der Waals surface area contributed by atoms with E-state index in [0.717, 1.165) is 42.5 Å². The van der Waals surface area contributed by atoms with Crippen LogP contribution in [0.25, 0.3) is 22.1 Å². The minimum absolute atomic E-state index is 0. The first-order valence-electron chi connectivity index (χ1n) is 8.24. The molecule has 0 saturated carbocycles. The Morgan fingerprint density at radius 1 is 1.17 bits per heavy atom. The minimum atomic E-state index is 0. The van der Waals surface area contributed by atoms with Gasteiger partial charge in [0, 0.05) is 11.9 Å². The number of para-hydroxylation sites is 1. The highest BCUT2D eigenvalue weighted by atomic mass is 35.5. The predicted molar refractivity (Wildman–Crippen MR) is 93.1 cm³/mol. The van der Waals surface area contributed by atoms with Crippen molar-refractivity contribution < 1.29 is 23.0 Å². The Bertz CT molecular complexity index is 805. The van der Waals surface area contributed by atoms with Crippen LogP contribution in [-0.4, -0.2) is 41.1 Å². The molecule has 0 bridgehead atoms. The van der Waals surface area contributed by atoms with Gasteiger partial charge in [0.25, 0.3) is 5.88 Å². The van der Waals surface area contributed by atoms with Gasteiger partial charge in [-0.3, -0.25) is 0 Å². The molecule has 2 aromatic heterocycles. The molecule has 24 heavy (non-hydrogen) atoms. The van der Waals surface area contributed by atoms with Crippen LogP contribution < -0.4 is 17.1 Å². The lowest BCUT2D eigenvalue weighted by atomic mass is 10.2. The van der Waals surface area contributed by atoms with Crippen LogP contribution >= 0.6 is 0 Å². The highest BCUT2D eigenvalue weighted by molar-refractivity contribution is 6.03. The van der Waals surface area contributed by atoms with Crippen molar-refractivity contribution in [2.75, 3.05) is 26.2 Å². The predicted octanol–water partition coefficient (Wildman–Crippen LogP) is 0.912. The Morgan fingerprint density at radius 3 is 2.67 bits per heavy atom. The first-order chi connectivity index (χ1) is 11.2. The molecule has 1 aromatic carbocycles. The summed E-state index contributed by atoms with van der Waals surface area (Å²) in [6.07, 6.45) is 0.965. The highest BCUT2D eigenvalue weighted by Gasteiger charge is 2.15. The maximum Gasteiger partial charge on any atom is 1.00 e. The van der Waals surface area contributed by atoms with Gasteiger partial charge >= 0.3 is 1.43 Å². The highest BCUT2D eigenvalue weighted by Crippen LogP contribution is 2.32. The molecule has 0 aliphatic carbocycles. The number of hydrogen-bond acceptors (Lipinski definition) is 5. The molecule has 6 heteroatoms. The topological polar surface area (TPSA) is 51.4 Å². The Kier molecular flexibility index (Phi) is 6.40. The third-order valence-electron chi connectivity index (χ3n) is 4.05. The molecule has 0 radical (unpaired) electrons. The van der Waals surface area contributed by atoms with Crippen molar-refractivity contribution in [1.29, 1.82) is 0 Å². The second-order valence-corrected chi connectivity index (χ2v) is 5.58. The van der Waals surface area contributed by atoms with Crippen molar-refractivity contribution in [3.63, 3.8) is 0 Å². The Hall–Kier alpha value is -1.85. The maximum absolute atomic E-state index is 5.90. The zero-order valence-corrected chi connectivity index (χ0v) is 15.1. The monoisotopic (exact) mass is 349 g/mol. The van der Waals surface area contributed by atoms with Gasteiger partial charge < -0.3 is 26.5 Å². The summed E-state index contributed by atoms with van der Waals surface area (Å²) in [5, 5.41) is 1.00. The summed E-state index contributed by atoms with van der Waals surface area (Å²) in [6.45, 7) is 10.0. The fraction of sp³-hybridized carbons (Fsp3) is 0.444. The van der Waals surface area contributed by atoms with Gasteiger partial charge in [0.15, 0.2) is 0 Å². The number of halogens is 1. The Balaban J connectivity index is 0.00000156. The first-order valence-corrected chi connectivity index (χ1v) is 8.24. The number of furan rings is 1. The normalized spacial score (nSPS) is 11.2. The van der Waals surface area contributed by atoms with Gasteiger partial charge in [-0.05, 0) is 38.6 Å². The van der Waals surface area contributed by atoms with Crippen molar-refractivity contribution in [3.8, 4) is 5.88 Å². The number of aryl methyl sites for hydroxylation is 1. The van der Waals surface area contributed by atoms with Crippen LogP contribution in [0.3, 0.4) is 0 Å². The van der Waals surface area contributed by atoms with Gasteiger partial charge in [-0.25, -0.2) is 4.98 Å². The zero-order chi connectivity index (χ0) is 16.2. The van der Waals surface area contributed by atoms with Crippen LogP contribution in [0.5, 0.6) is 5.88 Å². The molecule has 0 amide bonds. The van der Waals surface area contributed by atoms with Gasteiger partial charge in [-0.2, -0.15) is 4.98 Å². The van der Waals surface area contributed by atoms with Gasteiger partial charge in [0.1, 0.15) is 16.9 Å². The quantitative estimate of drug-likeness (QED) is 0.593. The molecular formula is C18H24ClN3O2. The second kappa shape index (κ2) is 8.31. The third kappa shape index (κ3) is 3.79. The van der Waals surface area contributed by atoms with E-state index in [2.05, 4.69) is 28.7 Å². The lowest BCUT2D eigenvalue weighted by Crippen LogP contribution is -3.00. The van der Waals surface area contributed by atoms with Crippen molar-refractivity contribution in [2.24, 2.45) is 0 Å². The standard InChI is InChI=1S/C18H23N3O2.ClH/c1-4-21(5-2)11-8-12-22-18-17-16(19-13(3)20-18)14-9-6-7-10-15(14)23-17;/h6-7,9-10H,4-5,8,11-12H2,1-3H3;1H. The molecular weight excluding hydrogens is 326 g/mol. The third-order valence-corrected chi connectivity index (χ3v) is 4.05. The lowest BCUT2D eigenvalue weighted by Gasteiger charge is -2.17. The number of fused-ring (bicyclic) bond motifs is 3. The summed E-state index contributed by atoms with van der Waals surface area (Å²) in [5.41, 5.74) is 2.28.